The van der Waals surface area contributed by atoms with Crippen molar-refractivity contribution < 1.29 is 17.5 Å². The molecular weight excluding hydrogens is 507 g/mol. The summed E-state index contributed by atoms with van der Waals surface area (Å²) in [7, 11) is -2.81. The standard InChI is InChI=1S/C24H26ClFN6O3S/c1-35-23-16(7-6-15-13-28-24(29-14-15)30-18-10-8-17(27)9-11-18)12-20(26)22(31-23)32-36(33,34)21-5-3-2-4-19(21)25/h2-7,12-14,17-18H,8-11,27H2,1H3,(H,31,32)(H,28,29,30)/b7-6+/t17-,18-. The minimum atomic E-state index is -4.16. The van der Waals surface area contributed by atoms with Gasteiger partial charge in [-0.2, -0.15) is 4.98 Å². The Morgan fingerprint density at radius 3 is 2.50 bits per heavy atom. The predicted molar refractivity (Wildman–Crippen MR) is 138 cm³/mol. The van der Waals surface area contributed by atoms with E-state index < -0.39 is 21.7 Å². The van der Waals surface area contributed by atoms with E-state index >= 15 is 0 Å². The Morgan fingerprint density at radius 1 is 1.14 bits per heavy atom. The van der Waals surface area contributed by atoms with E-state index in [-0.39, 0.29) is 21.8 Å². The molecule has 9 nitrogen and oxygen atoms in total. The average molecular weight is 533 g/mol. The third-order valence-electron chi connectivity index (χ3n) is 5.75. The molecule has 190 valence electrons. The first kappa shape index (κ1) is 25.8. The van der Waals surface area contributed by atoms with Crippen LogP contribution < -0.4 is 20.5 Å². The molecule has 1 fully saturated rings. The highest BCUT2D eigenvalue weighted by Crippen LogP contribution is 2.28. The van der Waals surface area contributed by atoms with Crippen LogP contribution in [-0.4, -0.2) is 42.6 Å². The van der Waals surface area contributed by atoms with Crippen LogP contribution >= 0.6 is 11.6 Å². The molecule has 0 spiro atoms. The highest BCUT2D eigenvalue weighted by atomic mass is 35.5. The fraction of sp³-hybridized carbons (Fsp3) is 0.292. The number of hydrogen-bond donors (Lipinski definition) is 3. The number of aromatic nitrogens is 3. The van der Waals surface area contributed by atoms with Crippen LogP contribution in [0, 0.1) is 5.82 Å². The Bertz CT molecular complexity index is 1350. The van der Waals surface area contributed by atoms with Gasteiger partial charge in [-0.1, -0.05) is 29.8 Å². The summed E-state index contributed by atoms with van der Waals surface area (Å²) >= 11 is 5.98. The van der Waals surface area contributed by atoms with Gasteiger partial charge in [-0.25, -0.2) is 22.8 Å². The first-order valence-electron chi connectivity index (χ1n) is 11.3. The molecule has 1 saturated carbocycles. The predicted octanol–water partition coefficient (Wildman–Crippen LogP) is 4.33. The largest absolute Gasteiger partial charge is 0.481 e. The molecule has 0 unspecified atom stereocenters. The van der Waals surface area contributed by atoms with Gasteiger partial charge in [-0.15, -0.1) is 0 Å². The average Bonchev–Trinajstić information content (AvgIpc) is 2.86. The van der Waals surface area contributed by atoms with Crippen LogP contribution in [0.4, 0.5) is 16.2 Å². The second-order valence-electron chi connectivity index (χ2n) is 8.38. The van der Waals surface area contributed by atoms with Crippen LogP contribution in [0.5, 0.6) is 5.88 Å². The lowest BCUT2D eigenvalue weighted by molar-refractivity contribution is 0.396. The number of sulfonamides is 1. The molecule has 0 saturated heterocycles. The van der Waals surface area contributed by atoms with Crippen molar-refractivity contribution in [2.45, 2.75) is 42.7 Å². The number of nitrogens with two attached hydrogens (primary N) is 1. The van der Waals surface area contributed by atoms with Crippen molar-refractivity contribution in [3.63, 3.8) is 0 Å². The molecule has 1 aliphatic rings. The fourth-order valence-electron chi connectivity index (χ4n) is 3.82. The number of pyridine rings is 1. The van der Waals surface area contributed by atoms with Crippen molar-refractivity contribution >= 4 is 45.5 Å². The van der Waals surface area contributed by atoms with Crippen molar-refractivity contribution in [2.24, 2.45) is 5.73 Å². The number of anilines is 2. The van der Waals surface area contributed by atoms with E-state index in [9.17, 15) is 12.8 Å². The maximum atomic E-state index is 14.8. The normalized spacial score (nSPS) is 18.2. The Balaban J connectivity index is 1.47. The number of rotatable bonds is 8. The zero-order chi connectivity index (χ0) is 25.7. The number of methoxy groups -OCH3 is 1. The summed E-state index contributed by atoms with van der Waals surface area (Å²) < 4.78 is 47.5. The monoisotopic (exact) mass is 532 g/mol. The molecule has 0 radical (unpaired) electrons. The van der Waals surface area contributed by atoms with Crippen molar-refractivity contribution in [2.75, 3.05) is 17.1 Å². The molecule has 1 aromatic carbocycles. The third kappa shape index (κ3) is 6.28. The summed E-state index contributed by atoms with van der Waals surface area (Å²) in [5, 5.41) is 3.33. The maximum Gasteiger partial charge on any atom is 0.264 e. The second-order valence-corrected chi connectivity index (χ2v) is 10.4. The molecule has 0 atom stereocenters. The second kappa shape index (κ2) is 11.2. The molecule has 0 amide bonds. The summed E-state index contributed by atoms with van der Waals surface area (Å²) in [5.74, 6) is -0.826. The summed E-state index contributed by atoms with van der Waals surface area (Å²) in [6.07, 6.45) is 10.5. The maximum absolute atomic E-state index is 14.8. The van der Waals surface area contributed by atoms with Crippen molar-refractivity contribution in [3.8, 4) is 5.88 Å². The first-order chi connectivity index (χ1) is 17.2. The van der Waals surface area contributed by atoms with Crippen LogP contribution in [0.3, 0.4) is 0 Å². The molecule has 12 heteroatoms. The van der Waals surface area contributed by atoms with Gasteiger partial charge in [0.1, 0.15) is 4.90 Å². The smallest absolute Gasteiger partial charge is 0.264 e. The minimum absolute atomic E-state index is 0.00306. The topological polar surface area (TPSA) is 132 Å². The first-order valence-corrected chi connectivity index (χ1v) is 13.2. The van der Waals surface area contributed by atoms with Gasteiger partial charge >= 0.3 is 0 Å². The zero-order valence-corrected chi connectivity index (χ0v) is 21.1. The highest BCUT2D eigenvalue weighted by Gasteiger charge is 2.22. The van der Waals surface area contributed by atoms with Crippen LogP contribution in [0.15, 0.2) is 47.6 Å². The van der Waals surface area contributed by atoms with Gasteiger partial charge in [0.15, 0.2) is 11.6 Å². The van der Waals surface area contributed by atoms with E-state index in [4.69, 9.17) is 22.1 Å². The van der Waals surface area contributed by atoms with Crippen LogP contribution in [0.1, 0.15) is 36.8 Å². The van der Waals surface area contributed by atoms with Crippen LogP contribution in [0.2, 0.25) is 5.02 Å². The van der Waals surface area contributed by atoms with Crippen molar-refractivity contribution in [1.82, 2.24) is 15.0 Å². The van der Waals surface area contributed by atoms with Gasteiger partial charge in [0.25, 0.3) is 10.0 Å². The van der Waals surface area contributed by atoms with Crippen molar-refractivity contribution in [3.05, 3.63) is 64.7 Å². The van der Waals surface area contributed by atoms with Crippen molar-refractivity contribution in [1.29, 1.82) is 0 Å². The number of benzene rings is 1. The zero-order valence-electron chi connectivity index (χ0n) is 19.5. The fourth-order valence-corrected chi connectivity index (χ4v) is 5.35. The Hall–Kier alpha value is -3.28. The number of nitrogens with zero attached hydrogens (tertiary/aromatic N) is 3. The lowest BCUT2D eigenvalue weighted by atomic mass is 9.92. The number of hydrogen-bond acceptors (Lipinski definition) is 8. The quantitative estimate of drug-likeness (QED) is 0.390. The van der Waals surface area contributed by atoms with Crippen LogP contribution in [0.25, 0.3) is 12.2 Å². The molecule has 4 N–H and O–H groups in total. The van der Waals surface area contributed by atoms with Gasteiger partial charge in [-0.05, 0) is 50.0 Å². The molecule has 2 heterocycles. The van der Waals surface area contributed by atoms with Crippen LogP contribution in [-0.2, 0) is 10.0 Å². The molecule has 36 heavy (non-hydrogen) atoms. The molecule has 3 aromatic rings. The lowest BCUT2D eigenvalue weighted by Gasteiger charge is -2.26. The number of halogens is 2. The number of ether oxygens (including phenoxy) is 1. The summed E-state index contributed by atoms with van der Waals surface area (Å²) in [4.78, 5) is 12.5. The number of nitrogens with one attached hydrogen (secondary N) is 2. The Labute approximate surface area is 214 Å². The van der Waals surface area contributed by atoms with E-state index in [2.05, 4.69) is 25.0 Å². The molecule has 0 bridgehead atoms. The molecule has 0 aliphatic heterocycles. The Kier molecular flexibility index (Phi) is 8.02. The Morgan fingerprint density at radius 2 is 1.83 bits per heavy atom. The summed E-state index contributed by atoms with van der Waals surface area (Å²) in [6.45, 7) is 0. The molecular formula is C24H26ClFN6O3S. The van der Waals surface area contributed by atoms with E-state index in [1.807, 2.05) is 0 Å². The summed E-state index contributed by atoms with van der Waals surface area (Å²) in [5.41, 5.74) is 6.93. The highest BCUT2D eigenvalue weighted by molar-refractivity contribution is 7.92. The molecule has 2 aromatic heterocycles. The molecule has 1 aliphatic carbocycles. The summed E-state index contributed by atoms with van der Waals surface area (Å²) in [6, 6.07) is 7.53. The van der Waals surface area contributed by atoms with Gasteiger partial charge in [0.2, 0.25) is 11.8 Å². The third-order valence-corrected chi connectivity index (χ3v) is 7.59. The van der Waals surface area contributed by atoms with E-state index in [0.29, 0.717) is 23.1 Å². The molecule has 4 rings (SSSR count). The van der Waals surface area contributed by atoms with E-state index in [1.54, 1.807) is 30.6 Å². The lowest BCUT2D eigenvalue weighted by Crippen LogP contribution is -2.33. The SMILES string of the molecule is COc1nc(NS(=O)(=O)c2ccccc2Cl)c(F)cc1/C=C/c1cnc(N[C@H]2CC[C@H](N)CC2)nc1. The minimum Gasteiger partial charge on any atom is -0.481 e. The van der Waals surface area contributed by atoms with Gasteiger partial charge in [-0.3, -0.25) is 4.72 Å². The van der Waals surface area contributed by atoms with E-state index in [0.717, 1.165) is 31.7 Å². The van der Waals surface area contributed by atoms with Gasteiger partial charge in [0, 0.05) is 35.6 Å². The van der Waals surface area contributed by atoms with Gasteiger partial charge in [0.05, 0.1) is 12.1 Å². The van der Waals surface area contributed by atoms with Gasteiger partial charge < -0.3 is 15.8 Å². The van der Waals surface area contributed by atoms with E-state index in [1.165, 1.54) is 25.3 Å².